The highest BCUT2D eigenvalue weighted by Gasteiger charge is 2.34. The van der Waals surface area contributed by atoms with Gasteiger partial charge in [0, 0.05) is 23.8 Å². The Morgan fingerprint density at radius 1 is 0.950 bits per heavy atom. The Bertz CT molecular complexity index is 1160. The molecule has 1 fully saturated rings. The second-order valence-corrected chi connectivity index (χ2v) is 10.9. The van der Waals surface area contributed by atoms with Gasteiger partial charge in [-0.3, -0.25) is 14.8 Å². The number of nitrogens with one attached hydrogen (secondary N) is 3. The van der Waals surface area contributed by atoms with Crippen molar-refractivity contribution in [2.24, 2.45) is 11.3 Å². The molecule has 1 aliphatic rings. The van der Waals surface area contributed by atoms with Crippen molar-refractivity contribution in [3.8, 4) is 5.75 Å². The Balaban J connectivity index is 1.73. The van der Waals surface area contributed by atoms with Crippen LogP contribution in [0.15, 0.2) is 48.5 Å². The molecule has 2 aromatic rings. The first-order valence-electron chi connectivity index (χ1n) is 13.0. The molecule has 0 saturated heterocycles. The summed E-state index contributed by atoms with van der Waals surface area (Å²) in [7, 11) is 0. The minimum Gasteiger partial charge on any atom is -0.406 e. The van der Waals surface area contributed by atoms with Gasteiger partial charge in [-0.25, -0.2) is 10.3 Å². The van der Waals surface area contributed by atoms with Gasteiger partial charge in [0.05, 0.1) is 6.54 Å². The molecule has 1 saturated carbocycles. The number of carbonyl (C=O) groups is 3. The van der Waals surface area contributed by atoms with Gasteiger partial charge in [0.2, 0.25) is 0 Å². The van der Waals surface area contributed by atoms with Crippen molar-refractivity contribution < 1.29 is 37.5 Å². The van der Waals surface area contributed by atoms with Gasteiger partial charge in [-0.1, -0.05) is 32.9 Å². The van der Waals surface area contributed by atoms with Gasteiger partial charge in [-0.15, -0.1) is 13.2 Å². The number of halogens is 3. The summed E-state index contributed by atoms with van der Waals surface area (Å²) in [5, 5.41) is 13.7. The van der Waals surface area contributed by atoms with Crippen LogP contribution in [-0.4, -0.2) is 46.9 Å². The van der Waals surface area contributed by atoms with E-state index in [1.165, 1.54) is 17.6 Å². The lowest BCUT2D eigenvalue weighted by Crippen LogP contribution is -2.45. The predicted octanol–water partition coefficient (Wildman–Crippen LogP) is 5.46. The molecule has 40 heavy (non-hydrogen) atoms. The van der Waals surface area contributed by atoms with Crippen LogP contribution < -0.4 is 20.9 Å². The number of nitrogens with zero attached hydrogens (tertiary/aromatic N) is 1. The first-order chi connectivity index (χ1) is 18.7. The quantitative estimate of drug-likeness (QED) is 0.251. The van der Waals surface area contributed by atoms with E-state index in [-0.39, 0.29) is 36.3 Å². The van der Waals surface area contributed by atoms with Crippen LogP contribution in [0.2, 0.25) is 0 Å². The number of ether oxygens (including phenoxy) is 1. The van der Waals surface area contributed by atoms with Crippen molar-refractivity contribution in [3.05, 3.63) is 59.7 Å². The summed E-state index contributed by atoms with van der Waals surface area (Å²) in [6, 6.07) is 11.1. The van der Waals surface area contributed by atoms with Gasteiger partial charge in [0.25, 0.3) is 11.8 Å². The smallest absolute Gasteiger partial charge is 0.406 e. The summed E-state index contributed by atoms with van der Waals surface area (Å²) < 4.78 is 41.3. The molecule has 0 aromatic heterocycles. The van der Waals surface area contributed by atoms with Crippen LogP contribution in [0.5, 0.6) is 5.75 Å². The molecule has 0 heterocycles. The molecule has 0 atom stereocenters. The van der Waals surface area contributed by atoms with Gasteiger partial charge in [0.1, 0.15) is 5.75 Å². The molecule has 12 heteroatoms. The summed E-state index contributed by atoms with van der Waals surface area (Å²) in [6.07, 6.45) is -1.27. The number of anilines is 1. The maximum absolute atomic E-state index is 13.4. The van der Waals surface area contributed by atoms with Crippen molar-refractivity contribution >= 4 is 23.5 Å². The second-order valence-electron chi connectivity index (χ2n) is 10.9. The zero-order valence-electron chi connectivity index (χ0n) is 22.7. The summed E-state index contributed by atoms with van der Waals surface area (Å²) in [4.78, 5) is 38.6. The standard InChI is InChI=1S/C28H35F3N4O5/c1-27(2,3)20-8-12-22(13-9-20)35(26(38)33-21-10-14-23(15-11-21)40-28(29,30)31)17-18-4-6-19(7-5-18)25(37)32-16-24(36)34-39/h4-7,10-11,14-15,20,22,39H,8-9,12-13,16-17H2,1-3H3,(H,32,37)(H,33,38)(H,34,36)/t20-,22-. The van der Waals surface area contributed by atoms with Gasteiger partial charge in [0.15, 0.2) is 0 Å². The number of benzene rings is 2. The zero-order chi connectivity index (χ0) is 29.5. The Labute approximate surface area is 231 Å². The SMILES string of the molecule is CC(C)(C)[C@H]1CC[C@H](N(Cc2ccc(C(=O)NCC(=O)NO)cc2)C(=O)Nc2ccc(OC(F)(F)F)cc2)CC1. The number of rotatable bonds is 8. The molecule has 2 aromatic carbocycles. The average Bonchev–Trinajstić information content (AvgIpc) is 2.90. The molecule has 4 amide bonds. The van der Waals surface area contributed by atoms with Crippen molar-refractivity contribution in [1.29, 1.82) is 0 Å². The van der Waals surface area contributed by atoms with Crippen LogP contribution in [-0.2, 0) is 11.3 Å². The maximum Gasteiger partial charge on any atom is 0.573 e. The van der Waals surface area contributed by atoms with Crippen molar-refractivity contribution in [1.82, 2.24) is 15.7 Å². The lowest BCUT2D eigenvalue weighted by molar-refractivity contribution is -0.274. The third-order valence-electron chi connectivity index (χ3n) is 7.07. The second kappa shape index (κ2) is 13.0. The van der Waals surface area contributed by atoms with E-state index in [0.29, 0.717) is 17.2 Å². The predicted molar refractivity (Wildman–Crippen MR) is 142 cm³/mol. The zero-order valence-corrected chi connectivity index (χ0v) is 22.7. The van der Waals surface area contributed by atoms with Gasteiger partial charge >= 0.3 is 12.4 Å². The van der Waals surface area contributed by atoms with Crippen molar-refractivity contribution in [2.75, 3.05) is 11.9 Å². The third-order valence-corrected chi connectivity index (χ3v) is 7.07. The number of carbonyl (C=O) groups excluding carboxylic acids is 3. The highest BCUT2D eigenvalue weighted by molar-refractivity contribution is 5.96. The Hall–Kier alpha value is -3.80. The molecule has 1 aliphatic carbocycles. The van der Waals surface area contributed by atoms with E-state index in [1.54, 1.807) is 29.2 Å². The Morgan fingerprint density at radius 3 is 2.08 bits per heavy atom. The van der Waals surface area contributed by atoms with E-state index in [9.17, 15) is 27.6 Å². The molecule has 0 aliphatic heterocycles. The lowest BCUT2D eigenvalue weighted by atomic mass is 9.71. The summed E-state index contributed by atoms with van der Waals surface area (Å²) >= 11 is 0. The lowest BCUT2D eigenvalue weighted by Gasteiger charge is -2.41. The molecular formula is C28H35F3N4O5. The van der Waals surface area contributed by atoms with Crippen molar-refractivity contribution in [3.63, 3.8) is 0 Å². The van der Waals surface area contributed by atoms with Crippen molar-refractivity contribution in [2.45, 2.75) is 65.4 Å². The molecule has 0 unspecified atom stereocenters. The first kappa shape index (κ1) is 30.7. The van der Waals surface area contributed by atoms with E-state index in [4.69, 9.17) is 5.21 Å². The minimum absolute atomic E-state index is 0.0496. The number of alkyl halides is 3. The molecule has 3 rings (SSSR count). The number of urea groups is 1. The molecular weight excluding hydrogens is 529 g/mol. The fourth-order valence-corrected chi connectivity index (χ4v) is 4.82. The molecule has 0 radical (unpaired) electrons. The topological polar surface area (TPSA) is 120 Å². The summed E-state index contributed by atoms with van der Waals surface area (Å²) in [5.74, 6) is -1.11. The molecule has 0 spiro atoms. The van der Waals surface area contributed by atoms with E-state index in [2.05, 4.69) is 36.1 Å². The fourth-order valence-electron chi connectivity index (χ4n) is 4.82. The van der Waals surface area contributed by atoms with E-state index in [0.717, 1.165) is 43.4 Å². The largest absolute Gasteiger partial charge is 0.573 e. The van der Waals surface area contributed by atoms with Gasteiger partial charge in [-0.2, -0.15) is 0 Å². The highest BCUT2D eigenvalue weighted by atomic mass is 19.4. The number of amides is 4. The van der Waals surface area contributed by atoms with E-state index in [1.807, 2.05) is 0 Å². The van der Waals surface area contributed by atoms with Crippen LogP contribution >= 0.6 is 0 Å². The number of hydrogen-bond donors (Lipinski definition) is 4. The Kier molecular flexibility index (Phi) is 10.0. The molecule has 9 nitrogen and oxygen atoms in total. The maximum atomic E-state index is 13.4. The number of hydroxylamine groups is 1. The van der Waals surface area contributed by atoms with Crippen LogP contribution in [0, 0.1) is 11.3 Å². The van der Waals surface area contributed by atoms with Crippen LogP contribution in [0.4, 0.5) is 23.7 Å². The molecule has 0 bridgehead atoms. The van der Waals surface area contributed by atoms with Crippen LogP contribution in [0.1, 0.15) is 62.4 Å². The molecule has 4 N–H and O–H groups in total. The summed E-state index contributed by atoms with van der Waals surface area (Å²) in [6.45, 7) is 6.50. The Morgan fingerprint density at radius 2 is 1.55 bits per heavy atom. The minimum atomic E-state index is -4.81. The fraction of sp³-hybridized carbons (Fsp3) is 0.464. The average molecular weight is 565 g/mol. The summed E-state index contributed by atoms with van der Waals surface area (Å²) in [5.41, 5.74) is 2.99. The van der Waals surface area contributed by atoms with Crippen LogP contribution in [0.25, 0.3) is 0 Å². The van der Waals surface area contributed by atoms with Crippen LogP contribution in [0.3, 0.4) is 0 Å². The van der Waals surface area contributed by atoms with E-state index >= 15 is 0 Å². The third kappa shape index (κ3) is 9.15. The highest BCUT2D eigenvalue weighted by Crippen LogP contribution is 2.39. The molecule has 218 valence electrons. The van der Waals surface area contributed by atoms with Gasteiger partial charge < -0.3 is 20.3 Å². The normalized spacial score (nSPS) is 17.5. The number of hydrogen-bond acceptors (Lipinski definition) is 5. The van der Waals surface area contributed by atoms with E-state index < -0.39 is 18.2 Å². The van der Waals surface area contributed by atoms with Gasteiger partial charge in [-0.05, 0) is 79.0 Å². The first-order valence-corrected chi connectivity index (χ1v) is 13.0. The monoisotopic (exact) mass is 564 g/mol.